The highest BCUT2D eigenvalue weighted by molar-refractivity contribution is 7.67. The average molecular weight is 356 g/mol. The lowest BCUT2D eigenvalue weighted by molar-refractivity contribution is 0.396. The molecule has 2 aliphatic rings. The van der Waals surface area contributed by atoms with Crippen LogP contribution in [0.4, 0.5) is 0 Å². The van der Waals surface area contributed by atoms with E-state index in [0.29, 0.717) is 0 Å². The minimum absolute atomic E-state index is 0.292. The summed E-state index contributed by atoms with van der Waals surface area (Å²) in [7, 11) is 3.16. The summed E-state index contributed by atoms with van der Waals surface area (Å²) in [6.07, 6.45) is 7.65. The van der Waals surface area contributed by atoms with E-state index >= 15 is 0 Å². The minimum atomic E-state index is -0.292. The normalized spacial score (nSPS) is 20.0. The van der Waals surface area contributed by atoms with E-state index in [0.717, 1.165) is 34.8 Å². The molecule has 0 unspecified atom stereocenters. The molecule has 1 fully saturated rings. The van der Waals surface area contributed by atoms with E-state index in [1.54, 1.807) is 14.2 Å². The predicted octanol–water partition coefficient (Wildman–Crippen LogP) is 5.16. The summed E-state index contributed by atoms with van der Waals surface area (Å²) in [6, 6.07) is 12.4. The molecule has 1 aliphatic carbocycles. The molecule has 1 atom stereocenters. The molecule has 0 amide bonds. The van der Waals surface area contributed by atoms with Crippen molar-refractivity contribution in [2.45, 2.75) is 37.8 Å². The summed E-state index contributed by atoms with van der Waals surface area (Å²) in [5, 5.41) is 1.41. The molecule has 0 radical (unpaired) electrons. The number of benzene rings is 2. The molecule has 4 heteroatoms. The Morgan fingerprint density at radius 1 is 0.920 bits per heavy atom. The molecular formula is C21H25O3P. The van der Waals surface area contributed by atoms with Crippen molar-refractivity contribution in [2.24, 2.45) is 0 Å². The van der Waals surface area contributed by atoms with E-state index in [1.165, 1.54) is 43.0 Å². The number of fused-ring (bicyclic) bond motifs is 1. The Bertz CT molecular complexity index is 731. The first kappa shape index (κ1) is 16.7. The molecule has 0 saturated heterocycles. The van der Waals surface area contributed by atoms with Gasteiger partial charge >= 0.3 is 0 Å². The van der Waals surface area contributed by atoms with Gasteiger partial charge in [-0.25, -0.2) is 0 Å². The van der Waals surface area contributed by atoms with Crippen LogP contribution in [-0.4, -0.2) is 26.2 Å². The van der Waals surface area contributed by atoms with Crippen molar-refractivity contribution in [3.8, 4) is 28.4 Å². The second kappa shape index (κ2) is 7.25. The van der Waals surface area contributed by atoms with Crippen LogP contribution >= 0.6 is 7.92 Å². The molecule has 0 spiro atoms. The van der Waals surface area contributed by atoms with Crippen molar-refractivity contribution in [3.05, 3.63) is 36.4 Å². The first-order valence-corrected chi connectivity index (χ1v) is 10.7. The monoisotopic (exact) mass is 356 g/mol. The van der Waals surface area contributed by atoms with Gasteiger partial charge in [0.2, 0.25) is 0 Å². The Labute approximate surface area is 151 Å². The molecule has 2 aromatic rings. The van der Waals surface area contributed by atoms with Gasteiger partial charge in [-0.3, -0.25) is 0 Å². The van der Waals surface area contributed by atoms with Crippen LogP contribution in [-0.2, 0) is 0 Å². The maximum atomic E-state index is 6.12. The number of ether oxygens (including phenoxy) is 3. The van der Waals surface area contributed by atoms with Gasteiger partial charge in [0.1, 0.15) is 23.6 Å². The number of methoxy groups -OCH3 is 2. The third-order valence-electron chi connectivity index (χ3n) is 5.36. The second-order valence-electron chi connectivity index (χ2n) is 6.72. The second-order valence-corrected chi connectivity index (χ2v) is 9.10. The quantitative estimate of drug-likeness (QED) is 0.708. The molecule has 0 aromatic heterocycles. The lowest BCUT2D eigenvalue weighted by Crippen LogP contribution is -2.17. The van der Waals surface area contributed by atoms with E-state index in [2.05, 4.69) is 18.2 Å². The summed E-state index contributed by atoms with van der Waals surface area (Å²) < 4.78 is 17.5. The molecule has 1 saturated carbocycles. The first-order chi connectivity index (χ1) is 12.3. The largest absolute Gasteiger partial charge is 0.496 e. The van der Waals surface area contributed by atoms with E-state index in [1.807, 2.05) is 18.2 Å². The number of hydrogen-bond donors (Lipinski definition) is 0. The average Bonchev–Trinajstić information content (AvgIpc) is 3.12. The van der Waals surface area contributed by atoms with Crippen LogP contribution in [0.2, 0.25) is 0 Å². The van der Waals surface area contributed by atoms with E-state index < -0.39 is 0 Å². The van der Waals surface area contributed by atoms with Gasteiger partial charge in [0.15, 0.2) is 0 Å². The molecule has 4 rings (SSSR count). The lowest BCUT2D eigenvalue weighted by atomic mass is 10.0. The Morgan fingerprint density at radius 2 is 1.60 bits per heavy atom. The van der Waals surface area contributed by atoms with Crippen molar-refractivity contribution in [3.63, 3.8) is 0 Å². The highest BCUT2D eigenvalue weighted by atomic mass is 31.1. The zero-order chi connectivity index (χ0) is 17.2. The zero-order valence-electron chi connectivity index (χ0n) is 15.0. The van der Waals surface area contributed by atoms with Gasteiger partial charge in [0.25, 0.3) is 0 Å². The molecule has 0 bridgehead atoms. The van der Waals surface area contributed by atoms with Gasteiger partial charge in [-0.15, -0.1) is 0 Å². The highest BCUT2D eigenvalue weighted by Crippen LogP contribution is 2.55. The van der Waals surface area contributed by atoms with Crippen molar-refractivity contribution >= 4 is 13.2 Å². The van der Waals surface area contributed by atoms with Crippen LogP contribution in [0.15, 0.2) is 36.4 Å². The molecule has 25 heavy (non-hydrogen) atoms. The van der Waals surface area contributed by atoms with Crippen LogP contribution < -0.4 is 19.5 Å². The third-order valence-corrected chi connectivity index (χ3v) is 8.20. The van der Waals surface area contributed by atoms with E-state index in [4.69, 9.17) is 14.2 Å². The summed E-state index contributed by atoms with van der Waals surface area (Å²) in [6.45, 7) is 0. The van der Waals surface area contributed by atoms with Gasteiger partial charge in [-0.1, -0.05) is 37.5 Å². The molecule has 2 aromatic carbocycles. The fraction of sp³-hybridized carbons (Fsp3) is 0.429. The third kappa shape index (κ3) is 3.00. The van der Waals surface area contributed by atoms with Crippen molar-refractivity contribution in [1.29, 1.82) is 0 Å². The highest BCUT2D eigenvalue weighted by Gasteiger charge is 2.35. The van der Waals surface area contributed by atoms with Crippen LogP contribution in [0.1, 0.15) is 32.1 Å². The van der Waals surface area contributed by atoms with Crippen molar-refractivity contribution in [2.75, 3.05) is 20.6 Å². The molecule has 132 valence electrons. The summed E-state index contributed by atoms with van der Waals surface area (Å²) >= 11 is 0. The van der Waals surface area contributed by atoms with Gasteiger partial charge in [-0.05, 0) is 44.6 Å². The van der Waals surface area contributed by atoms with E-state index in [9.17, 15) is 0 Å². The first-order valence-electron chi connectivity index (χ1n) is 9.07. The maximum Gasteiger partial charge on any atom is 0.130 e. The lowest BCUT2D eigenvalue weighted by Gasteiger charge is -2.28. The molecule has 1 heterocycles. The topological polar surface area (TPSA) is 27.7 Å². The SMILES string of the molecule is COc1cccc(OC)c1-c1cccc2c1[P@@](C1CCCCC1)CO2. The summed E-state index contributed by atoms with van der Waals surface area (Å²) in [5.74, 6) is 2.78. The summed E-state index contributed by atoms with van der Waals surface area (Å²) in [4.78, 5) is 0. The number of hydrogen-bond acceptors (Lipinski definition) is 3. The van der Waals surface area contributed by atoms with Gasteiger partial charge in [0, 0.05) is 10.9 Å². The molecular weight excluding hydrogens is 331 g/mol. The van der Waals surface area contributed by atoms with Crippen LogP contribution in [0.25, 0.3) is 11.1 Å². The summed E-state index contributed by atoms with van der Waals surface area (Å²) in [5.41, 5.74) is 3.06. The maximum absolute atomic E-state index is 6.12. The fourth-order valence-corrected chi connectivity index (χ4v) is 7.03. The van der Waals surface area contributed by atoms with Gasteiger partial charge in [0.05, 0.1) is 19.8 Å². The minimum Gasteiger partial charge on any atom is -0.496 e. The van der Waals surface area contributed by atoms with Crippen LogP contribution in [0.3, 0.4) is 0 Å². The van der Waals surface area contributed by atoms with Crippen LogP contribution in [0, 0.1) is 0 Å². The zero-order valence-corrected chi connectivity index (χ0v) is 15.9. The Kier molecular flexibility index (Phi) is 4.85. The standard InChI is InChI=1S/C21H25O3P/c1-22-17-11-7-12-18(23-2)20(17)16-10-6-13-19-21(16)25(14-24-19)15-8-4-3-5-9-15/h6-7,10-13,15H,3-5,8-9,14H2,1-2H3/t25-/m1/s1. The molecule has 0 N–H and O–H groups in total. The van der Waals surface area contributed by atoms with Crippen LogP contribution in [0.5, 0.6) is 17.2 Å². The Morgan fingerprint density at radius 3 is 2.28 bits per heavy atom. The smallest absolute Gasteiger partial charge is 0.130 e. The predicted molar refractivity (Wildman–Crippen MR) is 104 cm³/mol. The number of rotatable bonds is 4. The van der Waals surface area contributed by atoms with E-state index in [-0.39, 0.29) is 7.92 Å². The Hall–Kier alpha value is -1.73. The molecule has 1 aliphatic heterocycles. The molecule has 3 nitrogen and oxygen atoms in total. The fourth-order valence-electron chi connectivity index (χ4n) is 4.14. The van der Waals surface area contributed by atoms with Crippen molar-refractivity contribution < 1.29 is 14.2 Å². The Balaban J connectivity index is 1.84. The van der Waals surface area contributed by atoms with Gasteiger partial charge in [-0.2, -0.15) is 0 Å². The van der Waals surface area contributed by atoms with Crippen molar-refractivity contribution in [1.82, 2.24) is 0 Å². The van der Waals surface area contributed by atoms with Gasteiger partial charge < -0.3 is 14.2 Å².